The number of nitrogens with zero attached hydrogens (tertiary/aromatic N) is 2. The molecule has 5 heteroatoms. The minimum Gasteiger partial charge on any atom is -0.497 e. The molecule has 5 nitrogen and oxygen atoms in total. The Balaban J connectivity index is 2.04. The number of ether oxygens (including phenoxy) is 1. The SMILES string of the molecule is CCN(Cc1ccccc1)C(=O)c1cn(C(C)=O)c2ccc(OC)cc12. The molecular formula is C21H22N2O3. The Kier molecular flexibility index (Phi) is 5.07. The van der Waals surface area contributed by atoms with Crippen LogP contribution in [0, 0.1) is 0 Å². The average molecular weight is 350 g/mol. The lowest BCUT2D eigenvalue weighted by Gasteiger charge is -2.20. The van der Waals surface area contributed by atoms with E-state index in [1.807, 2.05) is 37.3 Å². The van der Waals surface area contributed by atoms with E-state index in [1.54, 1.807) is 36.4 Å². The molecule has 0 fully saturated rings. The van der Waals surface area contributed by atoms with Crippen molar-refractivity contribution in [2.24, 2.45) is 0 Å². The van der Waals surface area contributed by atoms with Gasteiger partial charge in [-0.15, -0.1) is 0 Å². The van der Waals surface area contributed by atoms with Crippen molar-refractivity contribution in [3.63, 3.8) is 0 Å². The zero-order valence-electron chi connectivity index (χ0n) is 15.2. The number of aromatic nitrogens is 1. The summed E-state index contributed by atoms with van der Waals surface area (Å²) in [7, 11) is 1.58. The summed E-state index contributed by atoms with van der Waals surface area (Å²) < 4.78 is 6.80. The lowest BCUT2D eigenvalue weighted by Crippen LogP contribution is -2.30. The van der Waals surface area contributed by atoms with Gasteiger partial charge < -0.3 is 9.64 Å². The van der Waals surface area contributed by atoms with Crippen LogP contribution in [-0.4, -0.2) is 34.9 Å². The van der Waals surface area contributed by atoms with E-state index >= 15 is 0 Å². The smallest absolute Gasteiger partial charge is 0.256 e. The maximum absolute atomic E-state index is 13.2. The van der Waals surface area contributed by atoms with Crippen LogP contribution < -0.4 is 4.74 Å². The molecular weight excluding hydrogens is 328 g/mol. The quantitative estimate of drug-likeness (QED) is 0.699. The fraction of sp³-hybridized carbons (Fsp3) is 0.238. The van der Waals surface area contributed by atoms with Gasteiger partial charge in [-0.05, 0) is 30.7 Å². The molecule has 1 aromatic heterocycles. The van der Waals surface area contributed by atoms with Crippen molar-refractivity contribution < 1.29 is 14.3 Å². The second-order valence-corrected chi connectivity index (χ2v) is 6.12. The molecule has 2 aromatic carbocycles. The summed E-state index contributed by atoms with van der Waals surface area (Å²) in [4.78, 5) is 26.9. The molecule has 0 aliphatic carbocycles. The number of fused-ring (bicyclic) bond motifs is 1. The van der Waals surface area contributed by atoms with Crippen molar-refractivity contribution in [1.82, 2.24) is 9.47 Å². The Labute approximate surface area is 152 Å². The molecule has 0 saturated carbocycles. The van der Waals surface area contributed by atoms with E-state index in [0.717, 1.165) is 10.9 Å². The van der Waals surface area contributed by atoms with E-state index in [4.69, 9.17) is 4.74 Å². The summed E-state index contributed by atoms with van der Waals surface area (Å²) in [6.07, 6.45) is 1.63. The Hall–Kier alpha value is -3.08. The number of hydrogen-bond acceptors (Lipinski definition) is 3. The van der Waals surface area contributed by atoms with Crippen molar-refractivity contribution in [2.45, 2.75) is 20.4 Å². The van der Waals surface area contributed by atoms with Crippen LogP contribution in [0.4, 0.5) is 0 Å². The molecule has 1 heterocycles. The topological polar surface area (TPSA) is 51.5 Å². The number of benzene rings is 2. The summed E-state index contributed by atoms with van der Waals surface area (Å²) in [6.45, 7) is 4.53. The van der Waals surface area contributed by atoms with Crippen LogP contribution in [0.3, 0.4) is 0 Å². The Morgan fingerprint density at radius 3 is 2.46 bits per heavy atom. The third kappa shape index (κ3) is 3.33. The van der Waals surface area contributed by atoms with Crippen molar-refractivity contribution in [1.29, 1.82) is 0 Å². The molecule has 3 aromatic rings. The van der Waals surface area contributed by atoms with Crippen LogP contribution >= 0.6 is 0 Å². The maximum Gasteiger partial charge on any atom is 0.256 e. The summed E-state index contributed by atoms with van der Waals surface area (Å²) in [5, 5.41) is 0.719. The van der Waals surface area contributed by atoms with Crippen molar-refractivity contribution >= 4 is 22.7 Å². The summed E-state index contributed by atoms with van der Waals surface area (Å²) in [6, 6.07) is 15.3. The van der Waals surface area contributed by atoms with Crippen molar-refractivity contribution in [2.75, 3.05) is 13.7 Å². The van der Waals surface area contributed by atoms with Crippen LogP contribution in [0.25, 0.3) is 10.9 Å². The fourth-order valence-electron chi connectivity index (χ4n) is 3.07. The summed E-state index contributed by atoms with van der Waals surface area (Å²) in [5.74, 6) is 0.416. The van der Waals surface area contributed by atoms with Crippen LogP contribution in [0.2, 0.25) is 0 Å². The molecule has 1 amide bonds. The molecule has 0 aliphatic heterocycles. The highest BCUT2D eigenvalue weighted by atomic mass is 16.5. The van der Waals surface area contributed by atoms with Crippen LogP contribution in [0.1, 0.15) is 34.6 Å². The minimum atomic E-state index is -0.134. The zero-order chi connectivity index (χ0) is 18.7. The molecule has 3 rings (SSSR count). The lowest BCUT2D eigenvalue weighted by molar-refractivity contribution is 0.0754. The zero-order valence-corrected chi connectivity index (χ0v) is 15.2. The predicted molar refractivity (Wildman–Crippen MR) is 102 cm³/mol. The number of methoxy groups -OCH3 is 1. The molecule has 0 N–H and O–H groups in total. The van der Waals surface area contributed by atoms with Gasteiger partial charge in [0.2, 0.25) is 5.91 Å². The maximum atomic E-state index is 13.2. The van der Waals surface area contributed by atoms with Gasteiger partial charge >= 0.3 is 0 Å². The number of carbonyl (C=O) groups is 2. The second-order valence-electron chi connectivity index (χ2n) is 6.12. The molecule has 134 valence electrons. The molecule has 0 spiro atoms. The Morgan fingerprint density at radius 2 is 1.85 bits per heavy atom. The lowest BCUT2D eigenvalue weighted by atomic mass is 10.1. The molecule has 0 bridgehead atoms. The molecule has 0 saturated heterocycles. The second kappa shape index (κ2) is 7.44. The Morgan fingerprint density at radius 1 is 1.12 bits per heavy atom. The normalized spacial score (nSPS) is 10.7. The van der Waals surface area contributed by atoms with E-state index in [-0.39, 0.29) is 11.8 Å². The van der Waals surface area contributed by atoms with Gasteiger partial charge in [-0.1, -0.05) is 30.3 Å². The van der Waals surface area contributed by atoms with Gasteiger partial charge in [0.25, 0.3) is 5.91 Å². The monoisotopic (exact) mass is 350 g/mol. The summed E-state index contributed by atoms with van der Waals surface area (Å²) >= 11 is 0. The fourth-order valence-corrected chi connectivity index (χ4v) is 3.07. The number of carbonyl (C=O) groups excluding carboxylic acids is 2. The van der Waals surface area contributed by atoms with Gasteiger partial charge in [-0.2, -0.15) is 0 Å². The first-order valence-electron chi connectivity index (χ1n) is 8.58. The van der Waals surface area contributed by atoms with Gasteiger partial charge in [0.15, 0.2) is 0 Å². The predicted octanol–water partition coefficient (Wildman–Crippen LogP) is 3.97. The van der Waals surface area contributed by atoms with Crippen LogP contribution in [0.15, 0.2) is 54.7 Å². The number of hydrogen-bond donors (Lipinski definition) is 0. The minimum absolute atomic E-state index is 0.102. The largest absolute Gasteiger partial charge is 0.497 e. The Bertz CT molecular complexity index is 945. The highest BCUT2D eigenvalue weighted by Gasteiger charge is 2.21. The van der Waals surface area contributed by atoms with E-state index < -0.39 is 0 Å². The average Bonchev–Trinajstić information content (AvgIpc) is 3.05. The van der Waals surface area contributed by atoms with Gasteiger partial charge in [-0.25, -0.2) is 0 Å². The van der Waals surface area contributed by atoms with Crippen LogP contribution in [-0.2, 0) is 6.54 Å². The first-order chi connectivity index (χ1) is 12.5. The van der Waals surface area contributed by atoms with Crippen molar-refractivity contribution in [3.8, 4) is 5.75 Å². The third-order valence-electron chi connectivity index (χ3n) is 4.47. The molecule has 0 unspecified atom stereocenters. The third-order valence-corrected chi connectivity index (χ3v) is 4.47. The van der Waals surface area contributed by atoms with Crippen LogP contribution in [0.5, 0.6) is 5.75 Å². The molecule has 0 radical (unpaired) electrons. The van der Waals surface area contributed by atoms with E-state index in [2.05, 4.69) is 0 Å². The van der Waals surface area contributed by atoms with Crippen molar-refractivity contribution in [3.05, 3.63) is 65.9 Å². The standard InChI is InChI=1S/C21H22N2O3/c1-4-22(13-16-8-6-5-7-9-16)21(25)19-14-23(15(2)24)20-11-10-17(26-3)12-18(19)20/h5-12,14H,4,13H2,1-3H3. The van der Waals surface area contributed by atoms with E-state index in [1.165, 1.54) is 11.5 Å². The summed E-state index contributed by atoms with van der Waals surface area (Å²) in [5.41, 5.74) is 2.28. The highest BCUT2D eigenvalue weighted by Crippen LogP contribution is 2.27. The van der Waals surface area contributed by atoms with E-state index in [0.29, 0.717) is 29.9 Å². The van der Waals surface area contributed by atoms with Gasteiger partial charge in [-0.3, -0.25) is 14.2 Å². The molecule has 0 aliphatic rings. The van der Waals surface area contributed by atoms with Gasteiger partial charge in [0, 0.05) is 31.6 Å². The number of rotatable bonds is 5. The van der Waals surface area contributed by atoms with Gasteiger partial charge in [0.1, 0.15) is 5.75 Å². The highest BCUT2D eigenvalue weighted by molar-refractivity contribution is 6.09. The first kappa shape index (κ1) is 17.7. The molecule has 0 atom stereocenters. The first-order valence-corrected chi connectivity index (χ1v) is 8.58. The van der Waals surface area contributed by atoms with Gasteiger partial charge in [0.05, 0.1) is 18.2 Å². The number of amides is 1. The van der Waals surface area contributed by atoms with E-state index in [9.17, 15) is 9.59 Å². The molecule has 26 heavy (non-hydrogen) atoms.